The number of nitrogens with one attached hydrogen (secondary N) is 1. The van der Waals surface area contributed by atoms with E-state index < -0.39 is 23.8 Å². The molecule has 28 heavy (non-hydrogen) atoms. The van der Waals surface area contributed by atoms with E-state index in [1.54, 1.807) is 18.2 Å². The van der Waals surface area contributed by atoms with E-state index in [0.29, 0.717) is 22.8 Å². The van der Waals surface area contributed by atoms with E-state index in [1.807, 2.05) is 0 Å². The Morgan fingerprint density at radius 1 is 1.14 bits per heavy atom. The van der Waals surface area contributed by atoms with Gasteiger partial charge >= 0.3 is 6.18 Å². The van der Waals surface area contributed by atoms with Gasteiger partial charge in [0, 0.05) is 12.0 Å². The van der Waals surface area contributed by atoms with Crippen LogP contribution in [0, 0.1) is 0 Å². The molecule has 148 valence electrons. The predicted molar refractivity (Wildman–Crippen MR) is 95.6 cm³/mol. The number of anilines is 1. The molecule has 0 saturated heterocycles. The quantitative estimate of drug-likeness (QED) is 0.836. The maximum absolute atomic E-state index is 13.1. The molecule has 0 bridgehead atoms. The molecule has 6 nitrogen and oxygen atoms in total. The number of rotatable bonds is 5. The molecular formula is C19H17F3N2O4. The average Bonchev–Trinajstić information content (AvgIpc) is 3.17. The van der Waals surface area contributed by atoms with Crippen LogP contribution in [0.1, 0.15) is 17.5 Å². The fourth-order valence-electron chi connectivity index (χ4n) is 2.76. The molecule has 3 rings (SSSR count). The minimum Gasteiger partial charge on any atom is -0.493 e. The molecule has 9 heteroatoms. The number of halogens is 3. The number of para-hydroxylation sites is 1. The normalized spacial score (nSPS) is 16.2. The Labute approximate surface area is 158 Å². The van der Waals surface area contributed by atoms with Crippen molar-refractivity contribution in [3.63, 3.8) is 0 Å². The number of benzene rings is 2. The summed E-state index contributed by atoms with van der Waals surface area (Å²) in [6, 6.07) is 9.84. The summed E-state index contributed by atoms with van der Waals surface area (Å²) in [4.78, 5) is 17.5. The predicted octanol–water partition coefficient (Wildman–Crippen LogP) is 3.85. The van der Waals surface area contributed by atoms with Gasteiger partial charge in [-0.2, -0.15) is 13.2 Å². The third kappa shape index (κ3) is 4.03. The Balaban J connectivity index is 1.71. The van der Waals surface area contributed by atoms with Gasteiger partial charge < -0.3 is 19.6 Å². The largest absolute Gasteiger partial charge is 0.493 e. The van der Waals surface area contributed by atoms with Gasteiger partial charge in [0.15, 0.2) is 11.5 Å². The maximum Gasteiger partial charge on any atom is 0.418 e. The van der Waals surface area contributed by atoms with Crippen molar-refractivity contribution in [2.45, 2.75) is 18.7 Å². The van der Waals surface area contributed by atoms with E-state index in [-0.39, 0.29) is 12.1 Å². The lowest BCUT2D eigenvalue weighted by Crippen LogP contribution is -2.29. The summed E-state index contributed by atoms with van der Waals surface area (Å²) in [7, 11) is 3.00. The number of hydrogen-bond acceptors (Lipinski definition) is 5. The first-order valence-electron chi connectivity index (χ1n) is 8.25. The monoisotopic (exact) mass is 394 g/mol. The summed E-state index contributed by atoms with van der Waals surface area (Å²) >= 11 is 0. The lowest BCUT2D eigenvalue weighted by atomic mass is 10.0. The average molecular weight is 394 g/mol. The molecule has 0 radical (unpaired) electrons. The van der Waals surface area contributed by atoms with Crippen molar-refractivity contribution in [3.8, 4) is 11.5 Å². The van der Waals surface area contributed by atoms with Crippen molar-refractivity contribution in [1.82, 2.24) is 0 Å². The molecule has 0 aromatic heterocycles. The number of carbonyl (C=O) groups is 1. The fraction of sp³-hybridized carbons (Fsp3) is 0.263. The number of carbonyl (C=O) groups excluding carboxylic acids is 1. The van der Waals surface area contributed by atoms with Crippen LogP contribution in [0.5, 0.6) is 11.5 Å². The molecule has 0 aliphatic carbocycles. The molecule has 1 atom stereocenters. The topological polar surface area (TPSA) is 69.2 Å². The number of methoxy groups -OCH3 is 2. The van der Waals surface area contributed by atoms with Crippen LogP contribution in [-0.4, -0.2) is 31.9 Å². The second-order valence-electron chi connectivity index (χ2n) is 5.94. The molecule has 1 aliphatic heterocycles. The Bertz CT molecular complexity index is 912. The number of amides is 1. The minimum atomic E-state index is -4.58. The van der Waals surface area contributed by atoms with Crippen molar-refractivity contribution in [2.75, 3.05) is 19.5 Å². The van der Waals surface area contributed by atoms with Crippen molar-refractivity contribution in [3.05, 3.63) is 53.6 Å². The van der Waals surface area contributed by atoms with Gasteiger partial charge in [0.05, 0.1) is 31.2 Å². The Morgan fingerprint density at radius 2 is 1.86 bits per heavy atom. The molecule has 0 unspecified atom stereocenters. The molecule has 2 aromatic rings. The number of hydrogen-bond donors (Lipinski definition) is 1. The molecule has 2 aromatic carbocycles. The zero-order chi connectivity index (χ0) is 20.3. The van der Waals surface area contributed by atoms with Crippen molar-refractivity contribution in [2.24, 2.45) is 5.16 Å². The van der Waals surface area contributed by atoms with Gasteiger partial charge in [-0.25, -0.2) is 0 Å². The highest BCUT2D eigenvalue weighted by atomic mass is 19.4. The first kappa shape index (κ1) is 19.5. The van der Waals surface area contributed by atoms with E-state index in [1.165, 1.54) is 32.4 Å². The second kappa shape index (κ2) is 7.79. The lowest BCUT2D eigenvalue weighted by molar-refractivity contribution is -0.137. The summed E-state index contributed by atoms with van der Waals surface area (Å²) in [5.74, 6) is 0.300. The van der Waals surface area contributed by atoms with Crippen LogP contribution in [0.25, 0.3) is 0 Å². The molecule has 1 amide bonds. The lowest BCUT2D eigenvalue weighted by Gasteiger charge is -2.15. The number of ether oxygens (including phenoxy) is 2. The van der Waals surface area contributed by atoms with Gasteiger partial charge in [-0.1, -0.05) is 17.3 Å². The van der Waals surface area contributed by atoms with Crippen LogP contribution in [0.2, 0.25) is 0 Å². The smallest absolute Gasteiger partial charge is 0.418 e. The third-order valence-electron chi connectivity index (χ3n) is 4.17. The molecular weight excluding hydrogens is 377 g/mol. The Hall–Kier alpha value is -3.23. The van der Waals surface area contributed by atoms with Crippen LogP contribution >= 0.6 is 0 Å². The SMILES string of the molecule is COc1ccc(C2=NO[C@H](C(=O)Nc3ccccc3C(F)(F)F)C2)cc1OC. The van der Waals surface area contributed by atoms with Gasteiger partial charge in [0.1, 0.15) is 0 Å². The first-order valence-corrected chi connectivity index (χ1v) is 8.25. The third-order valence-corrected chi connectivity index (χ3v) is 4.17. The molecule has 0 saturated carbocycles. The van der Waals surface area contributed by atoms with Gasteiger partial charge in [0.25, 0.3) is 5.91 Å². The highest BCUT2D eigenvalue weighted by molar-refractivity contribution is 6.06. The summed E-state index contributed by atoms with van der Waals surface area (Å²) < 4.78 is 49.6. The molecule has 1 heterocycles. The van der Waals surface area contributed by atoms with Crippen molar-refractivity contribution >= 4 is 17.3 Å². The highest BCUT2D eigenvalue weighted by Crippen LogP contribution is 2.35. The fourth-order valence-corrected chi connectivity index (χ4v) is 2.76. The van der Waals surface area contributed by atoms with Gasteiger partial charge in [-0.15, -0.1) is 0 Å². The standard InChI is InChI=1S/C19H17F3N2O4/c1-26-15-8-7-11(9-16(15)27-2)14-10-17(28-24-14)18(25)23-13-6-4-3-5-12(13)19(20,21)22/h3-9,17H,10H2,1-2H3,(H,23,25)/t17-/m0/s1. The number of alkyl halides is 3. The summed E-state index contributed by atoms with van der Waals surface area (Å²) in [5, 5.41) is 6.16. The molecule has 1 N–H and O–H groups in total. The Morgan fingerprint density at radius 3 is 2.54 bits per heavy atom. The van der Waals surface area contributed by atoms with Crippen LogP contribution in [-0.2, 0) is 15.8 Å². The van der Waals surface area contributed by atoms with Crippen LogP contribution < -0.4 is 14.8 Å². The zero-order valence-corrected chi connectivity index (χ0v) is 15.0. The van der Waals surface area contributed by atoms with Gasteiger partial charge in [-0.3, -0.25) is 4.79 Å². The van der Waals surface area contributed by atoms with E-state index in [2.05, 4.69) is 10.5 Å². The number of nitrogens with zero attached hydrogens (tertiary/aromatic N) is 1. The van der Waals surface area contributed by atoms with E-state index in [9.17, 15) is 18.0 Å². The zero-order valence-electron chi connectivity index (χ0n) is 15.0. The minimum absolute atomic E-state index is 0.107. The van der Waals surface area contributed by atoms with Gasteiger partial charge in [-0.05, 0) is 30.3 Å². The summed E-state index contributed by atoms with van der Waals surface area (Å²) in [6.45, 7) is 0. The van der Waals surface area contributed by atoms with E-state index in [4.69, 9.17) is 14.3 Å². The van der Waals surface area contributed by atoms with Crippen molar-refractivity contribution in [1.29, 1.82) is 0 Å². The maximum atomic E-state index is 13.1. The van der Waals surface area contributed by atoms with Crippen LogP contribution in [0.15, 0.2) is 47.6 Å². The highest BCUT2D eigenvalue weighted by Gasteiger charge is 2.35. The van der Waals surface area contributed by atoms with Crippen molar-refractivity contribution < 1.29 is 32.3 Å². The summed E-state index contributed by atoms with van der Waals surface area (Å²) in [5.41, 5.74) is -0.126. The number of oxime groups is 1. The van der Waals surface area contributed by atoms with E-state index in [0.717, 1.165) is 6.07 Å². The Kier molecular flexibility index (Phi) is 5.43. The molecule has 1 aliphatic rings. The second-order valence-corrected chi connectivity index (χ2v) is 5.94. The van der Waals surface area contributed by atoms with Gasteiger partial charge in [0.2, 0.25) is 6.10 Å². The van der Waals surface area contributed by atoms with Crippen LogP contribution in [0.4, 0.5) is 18.9 Å². The van der Waals surface area contributed by atoms with Crippen LogP contribution in [0.3, 0.4) is 0 Å². The molecule has 0 spiro atoms. The first-order chi connectivity index (χ1) is 13.3. The summed E-state index contributed by atoms with van der Waals surface area (Å²) in [6.07, 6.45) is -5.51. The van der Waals surface area contributed by atoms with E-state index >= 15 is 0 Å². The molecule has 0 fully saturated rings.